The maximum absolute atomic E-state index is 5.95. The zero-order valence-corrected chi connectivity index (χ0v) is 9.86. The van der Waals surface area contributed by atoms with Crippen molar-refractivity contribution < 1.29 is 4.74 Å². The third-order valence-electron chi connectivity index (χ3n) is 3.42. The molecule has 0 aliphatic carbocycles. The van der Waals surface area contributed by atoms with Crippen LogP contribution in [0.5, 0.6) is 0 Å². The normalized spacial score (nSPS) is 28.4. The summed E-state index contributed by atoms with van der Waals surface area (Å²) >= 11 is 5.95. The Morgan fingerprint density at radius 3 is 2.81 bits per heavy atom. The molecular weight excluding hydrogens is 224 g/mol. The van der Waals surface area contributed by atoms with Crippen molar-refractivity contribution in [1.82, 2.24) is 4.98 Å². The first-order valence-electron chi connectivity index (χ1n) is 5.76. The Hall–Kier alpha value is -0.800. The van der Waals surface area contributed by atoms with Gasteiger partial charge >= 0.3 is 0 Å². The van der Waals surface area contributed by atoms with E-state index >= 15 is 0 Å². The fourth-order valence-corrected chi connectivity index (χ4v) is 2.85. The highest BCUT2D eigenvalue weighted by Gasteiger charge is 2.34. The number of aromatic nitrogens is 1. The van der Waals surface area contributed by atoms with Gasteiger partial charge in [-0.1, -0.05) is 0 Å². The molecule has 0 saturated carbocycles. The number of fused-ring (bicyclic) bond motifs is 2. The van der Waals surface area contributed by atoms with Crippen LogP contribution in [0.2, 0.25) is 0 Å². The van der Waals surface area contributed by atoms with E-state index in [0.29, 0.717) is 18.1 Å². The Bertz CT molecular complexity index is 373. The molecule has 86 valence electrons. The topological polar surface area (TPSA) is 25.4 Å². The Morgan fingerprint density at radius 2 is 2.12 bits per heavy atom. The molecule has 4 heteroatoms. The van der Waals surface area contributed by atoms with E-state index in [4.69, 9.17) is 16.3 Å². The van der Waals surface area contributed by atoms with Crippen LogP contribution in [0.3, 0.4) is 0 Å². The van der Waals surface area contributed by atoms with Crippen molar-refractivity contribution in [2.75, 3.05) is 18.0 Å². The molecule has 2 unspecified atom stereocenters. The zero-order valence-electron chi connectivity index (χ0n) is 9.10. The number of hydrogen-bond acceptors (Lipinski definition) is 3. The molecule has 3 rings (SSSR count). The molecule has 1 aromatic rings. The molecule has 3 heterocycles. The van der Waals surface area contributed by atoms with Gasteiger partial charge in [-0.15, -0.1) is 11.6 Å². The third kappa shape index (κ3) is 1.78. The highest BCUT2D eigenvalue weighted by molar-refractivity contribution is 6.17. The van der Waals surface area contributed by atoms with Crippen LogP contribution in [-0.2, 0) is 10.6 Å². The smallest absolute Gasteiger partial charge is 0.0755 e. The van der Waals surface area contributed by atoms with E-state index in [1.165, 1.54) is 18.5 Å². The SMILES string of the molecule is ClCc1ccncc1N1CC2CCC(C1)O2. The molecule has 0 spiro atoms. The first-order chi connectivity index (χ1) is 7.86. The highest BCUT2D eigenvalue weighted by Crippen LogP contribution is 2.31. The van der Waals surface area contributed by atoms with Crippen molar-refractivity contribution in [1.29, 1.82) is 0 Å². The first kappa shape index (κ1) is 10.4. The molecule has 16 heavy (non-hydrogen) atoms. The number of pyridine rings is 1. The van der Waals surface area contributed by atoms with E-state index in [2.05, 4.69) is 9.88 Å². The molecule has 2 atom stereocenters. The van der Waals surface area contributed by atoms with E-state index in [1.54, 1.807) is 6.20 Å². The molecule has 0 aromatic carbocycles. The highest BCUT2D eigenvalue weighted by atomic mass is 35.5. The lowest BCUT2D eigenvalue weighted by molar-refractivity contribution is 0.0304. The number of anilines is 1. The van der Waals surface area contributed by atoms with Crippen LogP contribution in [-0.4, -0.2) is 30.3 Å². The number of hydrogen-bond donors (Lipinski definition) is 0. The second-order valence-electron chi connectivity index (χ2n) is 4.50. The van der Waals surface area contributed by atoms with E-state index in [-0.39, 0.29) is 0 Å². The van der Waals surface area contributed by atoms with Crippen molar-refractivity contribution in [3.63, 3.8) is 0 Å². The van der Waals surface area contributed by atoms with Gasteiger partial charge in [-0.3, -0.25) is 4.98 Å². The summed E-state index contributed by atoms with van der Waals surface area (Å²) in [5, 5.41) is 0. The molecule has 0 amide bonds. The Morgan fingerprint density at radius 1 is 1.38 bits per heavy atom. The average Bonchev–Trinajstić information content (AvgIpc) is 2.68. The van der Waals surface area contributed by atoms with Crippen LogP contribution in [0.15, 0.2) is 18.5 Å². The predicted molar refractivity (Wildman–Crippen MR) is 63.9 cm³/mol. The molecule has 2 aliphatic heterocycles. The Balaban J connectivity index is 1.86. The summed E-state index contributed by atoms with van der Waals surface area (Å²) in [7, 11) is 0. The molecule has 2 saturated heterocycles. The average molecular weight is 239 g/mol. The Labute approximate surface area is 100 Å². The maximum atomic E-state index is 5.95. The van der Waals surface area contributed by atoms with Gasteiger partial charge in [0.2, 0.25) is 0 Å². The molecule has 0 radical (unpaired) electrons. The van der Waals surface area contributed by atoms with Crippen molar-refractivity contribution >= 4 is 17.3 Å². The van der Waals surface area contributed by atoms with Gasteiger partial charge in [-0.05, 0) is 24.5 Å². The maximum Gasteiger partial charge on any atom is 0.0755 e. The zero-order chi connectivity index (χ0) is 11.0. The minimum Gasteiger partial charge on any atom is -0.371 e. The largest absolute Gasteiger partial charge is 0.371 e. The summed E-state index contributed by atoms with van der Waals surface area (Å²) in [5.74, 6) is 0.546. The molecule has 2 fully saturated rings. The summed E-state index contributed by atoms with van der Waals surface area (Å²) in [6, 6.07) is 2.00. The molecule has 2 bridgehead atoms. The quantitative estimate of drug-likeness (QED) is 0.739. The van der Waals surface area contributed by atoms with Crippen LogP contribution in [0.4, 0.5) is 5.69 Å². The lowest BCUT2D eigenvalue weighted by Crippen LogP contribution is -2.43. The van der Waals surface area contributed by atoms with Gasteiger partial charge < -0.3 is 9.64 Å². The monoisotopic (exact) mass is 238 g/mol. The van der Waals surface area contributed by atoms with Crippen molar-refractivity contribution in [3.8, 4) is 0 Å². The number of alkyl halides is 1. The van der Waals surface area contributed by atoms with Crippen molar-refractivity contribution in [2.45, 2.75) is 30.9 Å². The Kier molecular flexibility index (Phi) is 2.74. The van der Waals surface area contributed by atoms with E-state index in [1.807, 2.05) is 12.3 Å². The minimum atomic E-state index is 0.405. The predicted octanol–water partition coefficient (Wildman–Crippen LogP) is 2.19. The lowest BCUT2D eigenvalue weighted by atomic mass is 10.2. The van der Waals surface area contributed by atoms with Crippen LogP contribution < -0.4 is 4.90 Å². The van der Waals surface area contributed by atoms with Crippen molar-refractivity contribution in [2.24, 2.45) is 0 Å². The summed E-state index contributed by atoms with van der Waals surface area (Å²) in [6.07, 6.45) is 6.91. The van der Waals surface area contributed by atoms with Gasteiger partial charge in [0.25, 0.3) is 0 Å². The minimum absolute atomic E-state index is 0.405. The van der Waals surface area contributed by atoms with Crippen LogP contribution in [0.1, 0.15) is 18.4 Å². The number of morpholine rings is 1. The molecule has 2 aliphatic rings. The summed E-state index contributed by atoms with van der Waals surface area (Å²) < 4.78 is 5.83. The van der Waals surface area contributed by atoms with Gasteiger partial charge in [0.1, 0.15) is 0 Å². The van der Waals surface area contributed by atoms with Gasteiger partial charge in [-0.25, -0.2) is 0 Å². The second-order valence-corrected chi connectivity index (χ2v) is 4.77. The first-order valence-corrected chi connectivity index (χ1v) is 6.29. The molecule has 3 nitrogen and oxygen atoms in total. The van der Waals surface area contributed by atoms with E-state index in [9.17, 15) is 0 Å². The lowest BCUT2D eigenvalue weighted by Gasteiger charge is -2.34. The van der Waals surface area contributed by atoms with Crippen LogP contribution >= 0.6 is 11.6 Å². The third-order valence-corrected chi connectivity index (χ3v) is 3.70. The summed E-state index contributed by atoms with van der Waals surface area (Å²) in [4.78, 5) is 6.57. The number of rotatable bonds is 2. The molecular formula is C12H15ClN2O. The summed E-state index contributed by atoms with van der Waals surface area (Å²) in [6.45, 7) is 1.96. The van der Waals surface area contributed by atoms with Crippen molar-refractivity contribution in [3.05, 3.63) is 24.0 Å². The number of nitrogens with zero attached hydrogens (tertiary/aromatic N) is 2. The standard InChI is InChI=1S/C12H15ClN2O/c13-5-9-3-4-14-6-12(9)15-7-10-1-2-11(8-15)16-10/h3-4,6,10-11H,1-2,5,7-8H2. The number of ether oxygens (including phenoxy) is 1. The van der Waals surface area contributed by atoms with Gasteiger partial charge in [0.05, 0.1) is 24.1 Å². The molecule has 0 N–H and O–H groups in total. The molecule has 1 aromatic heterocycles. The number of halogens is 1. The van der Waals surface area contributed by atoms with E-state index in [0.717, 1.165) is 18.7 Å². The van der Waals surface area contributed by atoms with Crippen LogP contribution in [0.25, 0.3) is 0 Å². The second kappa shape index (κ2) is 4.22. The van der Waals surface area contributed by atoms with Gasteiger partial charge in [-0.2, -0.15) is 0 Å². The summed E-state index contributed by atoms with van der Waals surface area (Å²) in [5.41, 5.74) is 2.34. The van der Waals surface area contributed by atoms with Crippen LogP contribution in [0, 0.1) is 0 Å². The van der Waals surface area contributed by atoms with E-state index < -0.39 is 0 Å². The fourth-order valence-electron chi connectivity index (χ4n) is 2.62. The van der Waals surface area contributed by atoms with Gasteiger partial charge in [0, 0.05) is 25.2 Å². The van der Waals surface area contributed by atoms with Gasteiger partial charge in [0.15, 0.2) is 0 Å². The fraction of sp³-hybridized carbons (Fsp3) is 0.583.